The number of benzene rings is 1. The summed E-state index contributed by atoms with van der Waals surface area (Å²) in [5.74, 6) is 1.65. The van der Waals surface area contributed by atoms with Gasteiger partial charge in [0, 0.05) is 5.56 Å². The summed E-state index contributed by atoms with van der Waals surface area (Å²) < 4.78 is 10.5. The van der Waals surface area contributed by atoms with E-state index in [0.717, 1.165) is 17.1 Å². The minimum atomic E-state index is -0.158. The van der Waals surface area contributed by atoms with Gasteiger partial charge in [-0.3, -0.25) is 4.79 Å². The molecule has 0 saturated carbocycles. The average molecular weight is 242 g/mol. The van der Waals surface area contributed by atoms with Gasteiger partial charge in [-0.1, -0.05) is 18.2 Å². The van der Waals surface area contributed by atoms with Gasteiger partial charge in [0.2, 0.25) is 5.78 Å². The molecule has 0 aliphatic rings. The van der Waals surface area contributed by atoms with E-state index < -0.39 is 0 Å². The van der Waals surface area contributed by atoms with Crippen LogP contribution < -0.4 is 4.74 Å². The summed E-state index contributed by atoms with van der Waals surface area (Å²) in [6.07, 6.45) is 3.20. The maximum atomic E-state index is 11.8. The van der Waals surface area contributed by atoms with Crippen LogP contribution in [0.25, 0.3) is 6.08 Å². The number of hydrogen-bond donors (Lipinski definition) is 0. The molecule has 0 aliphatic carbocycles. The number of para-hydroxylation sites is 1. The number of carbonyl (C=O) groups excluding carboxylic acids is 1. The van der Waals surface area contributed by atoms with E-state index in [1.807, 2.05) is 24.3 Å². The van der Waals surface area contributed by atoms with Gasteiger partial charge in [-0.15, -0.1) is 0 Å². The highest BCUT2D eigenvalue weighted by Crippen LogP contribution is 2.19. The Morgan fingerprint density at radius 3 is 2.67 bits per heavy atom. The number of allylic oxidation sites excluding steroid dienone is 1. The summed E-state index contributed by atoms with van der Waals surface area (Å²) >= 11 is 0. The van der Waals surface area contributed by atoms with Crippen LogP contribution in [0, 0.1) is 6.92 Å². The minimum absolute atomic E-state index is 0.158. The van der Waals surface area contributed by atoms with Gasteiger partial charge in [0.25, 0.3) is 0 Å². The molecule has 2 rings (SSSR count). The summed E-state index contributed by atoms with van der Waals surface area (Å²) in [6.45, 7) is 1.81. The number of carbonyl (C=O) groups is 1. The van der Waals surface area contributed by atoms with Crippen LogP contribution in [0.5, 0.6) is 5.75 Å². The summed E-state index contributed by atoms with van der Waals surface area (Å²) in [6, 6.07) is 10.9. The third-order valence-corrected chi connectivity index (χ3v) is 2.54. The van der Waals surface area contributed by atoms with Gasteiger partial charge in [-0.25, -0.2) is 0 Å². The molecule has 2 aromatic rings. The fourth-order valence-corrected chi connectivity index (χ4v) is 1.62. The second kappa shape index (κ2) is 5.36. The Morgan fingerprint density at radius 1 is 1.22 bits per heavy atom. The average Bonchev–Trinajstić information content (AvgIpc) is 2.83. The molecule has 1 aromatic heterocycles. The van der Waals surface area contributed by atoms with Crippen LogP contribution in [0.15, 0.2) is 46.9 Å². The number of rotatable bonds is 4. The van der Waals surface area contributed by atoms with Gasteiger partial charge in [-0.2, -0.15) is 0 Å². The lowest BCUT2D eigenvalue weighted by Crippen LogP contribution is -1.91. The maximum absolute atomic E-state index is 11.8. The molecule has 0 radical (unpaired) electrons. The van der Waals surface area contributed by atoms with Crippen LogP contribution in [-0.2, 0) is 0 Å². The number of methoxy groups -OCH3 is 1. The highest BCUT2D eigenvalue weighted by atomic mass is 16.5. The first-order valence-corrected chi connectivity index (χ1v) is 5.62. The van der Waals surface area contributed by atoms with Crippen molar-refractivity contribution in [3.63, 3.8) is 0 Å². The number of aryl methyl sites for hydroxylation is 1. The molecule has 0 atom stereocenters. The van der Waals surface area contributed by atoms with Gasteiger partial charge >= 0.3 is 0 Å². The first-order chi connectivity index (χ1) is 8.70. The van der Waals surface area contributed by atoms with Gasteiger partial charge in [0.15, 0.2) is 5.76 Å². The Hall–Kier alpha value is -2.29. The predicted molar refractivity (Wildman–Crippen MR) is 69.8 cm³/mol. The van der Waals surface area contributed by atoms with E-state index in [9.17, 15) is 4.79 Å². The predicted octanol–water partition coefficient (Wildman–Crippen LogP) is 3.49. The molecule has 0 unspecified atom stereocenters. The smallest absolute Gasteiger partial charge is 0.221 e. The number of hydrogen-bond acceptors (Lipinski definition) is 3. The third-order valence-electron chi connectivity index (χ3n) is 2.54. The van der Waals surface area contributed by atoms with Crippen molar-refractivity contribution < 1.29 is 13.9 Å². The third kappa shape index (κ3) is 2.69. The normalized spacial score (nSPS) is 10.8. The lowest BCUT2D eigenvalue weighted by Gasteiger charge is -2.02. The molecule has 0 saturated heterocycles. The number of ether oxygens (including phenoxy) is 1. The SMILES string of the molecule is COc1ccccc1/C=C/C(=O)c1ccc(C)o1. The highest BCUT2D eigenvalue weighted by molar-refractivity contribution is 6.05. The quantitative estimate of drug-likeness (QED) is 0.608. The first-order valence-electron chi connectivity index (χ1n) is 5.62. The molecule has 0 amide bonds. The van der Waals surface area contributed by atoms with E-state index in [-0.39, 0.29) is 5.78 Å². The largest absolute Gasteiger partial charge is 0.496 e. The summed E-state index contributed by atoms with van der Waals surface area (Å²) in [4.78, 5) is 11.8. The van der Waals surface area contributed by atoms with Crippen molar-refractivity contribution in [3.05, 3.63) is 59.6 Å². The number of ketones is 1. The van der Waals surface area contributed by atoms with Crippen LogP contribution in [-0.4, -0.2) is 12.9 Å². The van der Waals surface area contributed by atoms with Crippen LogP contribution in [0.3, 0.4) is 0 Å². The Bertz CT molecular complexity index is 579. The Balaban J connectivity index is 2.18. The zero-order valence-electron chi connectivity index (χ0n) is 10.3. The molecule has 18 heavy (non-hydrogen) atoms. The van der Waals surface area contributed by atoms with E-state index in [0.29, 0.717) is 5.76 Å². The second-order valence-corrected chi connectivity index (χ2v) is 3.85. The van der Waals surface area contributed by atoms with Crippen LogP contribution in [0.1, 0.15) is 21.9 Å². The molecule has 0 spiro atoms. The zero-order chi connectivity index (χ0) is 13.0. The molecule has 0 bridgehead atoms. The molecule has 3 heteroatoms. The van der Waals surface area contributed by atoms with Crippen molar-refractivity contribution in [3.8, 4) is 5.75 Å². The Morgan fingerprint density at radius 2 is 2.00 bits per heavy atom. The lowest BCUT2D eigenvalue weighted by atomic mass is 10.1. The van der Waals surface area contributed by atoms with Crippen molar-refractivity contribution in [2.75, 3.05) is 7.11 Å². The summed E-state index contributed by atoms with van der Waals surface area (Å²) in [7, 11) is 1.60. The first kappa shape index (κ1) is 12.2. The Kier molecular flexibility index (Phi) is 3.63. The highest BCUT2D eigenvalue weighted by Gasteiger charge is 2.06. The van der Waals surface area contributed by atoms with E-state index in [4.69, 9.17) is 9.15 Å². The fraction of sp³-hybridized carbons (Fsp3) is 0.133. The monoisotopic (exact) mass is 242 g/mol. The molecule has 0 fully saturated rings. The molecule has 1 heterocycles. The summed E-state index contributed by atoms with van der Waals surface area (Å²) in [5, 5.41) is 0. The van der Waals surface area contributed by atoms with Crippen molar-refractivity contribution in [1.82, 2.24) is 0 Å². The topological polar surface area (TPSA) is 39.4 Å². The molecular weight excluding hydrogens is 228 g/mol. The zero-order valence-corrected chi connectivity index (χ0v) is 10.3. The van der Waals surface area contributed by atoms with E-state index in [2.05, 4.69) is 0 Å². The standard InChI is InChI=1S/C15H14O3/c1-11-7-10-15(18-11)13(16)9-8-12-5-3-4-6-14(12)17-2/h3-10H,1-2H3/b9-8+. The van der Waals surface area contributed by atoms with E-state index >= 15 is 0 Å². The molecular formula is C15H14O3. The minimum Gasteiger partial charge on any atom is -0.496 e. The van der Waals surface area contributed by atoms with Crippen LogP contribution >= 0.6 is 0 Å². The molecule has 1 aromatic carbocycles. The lowest BCUT2D eigenvalue weighted by molar-refractivity contribution is 0.102. The van der Waals surface area contributed by atoms with Crippen LogP contribution in [0.2, 0.25) is 0 Å². The van der Waals surface area contributed by atoms with Gasteiger partial charge < -0.3 is 9.15 Å². The number of furan rings is 1. The van der Waals surface area contributed by atoms with Crippen molar-refractivity contribution >= 4 is 11.9 Å². The Labute approximate surface area is 106 Å². The molecule has 0 aliphatic heterocycles. The molecule has 0 N–H and O–H groups in total. The second-order valence-electron chi connectivity index (χ2n) is 3.85. The van der Waals surface area contributed by atoms with E-state index in [1.54, 1.807) is 32.2 Å². The van der Waals surface area contributed by atoms with E-state index in [1.165, 1.54) is 6.08 Å². The van der Waals surface area contributed by atoms with Crippen molar-refractivity contribution in [2.24, 2.45) is 0 Å². The maximum Gasteiger partial charge on any atom is 0.221 e. The van der Waals surface area contributed by atoms with Crippen molar-refractivity contribution in [2.45, 2.75) is 6.92 Å². The summed E-state index contributed by atoms with van der Waals surface area (Å²) in [5.41, 5.74) is 0.858. The van der Waals surface area contributed by atoms with Crippen molar-refractivity contribution in [1.29, 1.82) is 0 Å². The van der Waals surface area contributed by atoms with Gasteiger partial charge in [0.1, 0.15) is 11.5 Å². The van der Waals surface area contributed by atoms with Gasteiger partial charge in [-0.05, 0) is 37.3 Å². The molecule has 3 nitrogen and oxygen atoms in total. The van der Waals surface area contributed by atoms with Gasteiger partial charge in [0.05, 0.1) is 7.11 Å². The van der Waals surface area contributed by atoms with Crippen LogP contribution in [0.4, 0.5) is 0 Å². The molecule has 92 valence electrons. The fourth-order valence-electron chi connectivity index (χ4n) is 1.62.